The Balaban J connectivity index is 1.50. The monoisotopic (exact) mass is 496 g/mol. The summed E-state index contributed by atoms with van der Waals surface area (Å²) in [6.07, 6.45) is 1.64. The number of benzene rings is 3. The van der Waals surface area contributed by atoms with Crippen LogP contribution < -0.4 is 20.3 Å². The third-order valence-corrected chi connectivity index (χ3v) is 5.19. The first kappa shape index (κ1) is 23.3. The maximum Gasteiger partial charge on any atom is 0.276 e. The number of nitrogens with one attached hydrogen (secondary N) is 2. The predicted octanol–water partition coefficient (Wildman–Crippen LogP) is 4.47. The van der Waals surface area contributed by atoms with E-state index in [1.54, 1.807) is 18.2 Å². The molecule has 0 bridgehead atoms. The lowest BCUT2D eigenvalue weighted by Crippen LogP contribution is -2.44. The lowest BCUT2D eigenvalue weighted by molar-refractivity contribution is -0.123. The number of hydrazine groups is 1. The van der Waals surface area contributed by atoms with Gasteiger partial charge in [-0.25, -0.2) is 0 Å². The van der Waals surface area contributed by atoms with Crippen molar-refractivity contribution in [1.29, 1.82) is 0 Å². The molecule has 2 N–H and O–H groups in total. The number of aryl methyl sites for hydroxylation is 1. The fourth-order valence-electron chi connectivity index (χ4n) is 2.93. The first-order valence-corrected chi connectivity index (χ1v) is 11.1. The van der Waals surface area contributed by atoms with Gasteiger partial charge in [0.25, 0.3) is 11.8 Å². The summed E-state index contributed by atoms with van der Waals surface area (Å²) in [4.78, 5) is 24.7. The van der Waals surface area contributed by atoms with Crippen LogP contribution in [-0.4, -0.2) is 25.0 Å². The van der Waals surface area contributed by atoms with Gasteiger partial charge in [0, 0.05) is 10.9 Å². The third kappa shape index (κ3) is 7.13. The van der Waals surface area contributed by atoms with Crippen LogP contribution in [0.4, 0.5) is 0 Å². The van der Waals surface area contributed by atoms with Gasteiger partial charge in [-0.05, 0) is 47.9 Å². The van der Waals surface area contributed by atoms with E-state index in [1.165, 1.54) is 5.56 Å². The second-order valence-electron chi connectivity index (χ2n) is 7.01. The van der Waals surface area contributed by atoms with Crippen LogP contribution in [0.15, 0.2) is 77.3 Å². The standard InChI is InChI=1S/C25H25BrN2O4/c1-2-18-8-11-21(12-9-18)32-17-24(29)27-28-25(30)22-16-20(26)10-13-23(22)31-15-14-19-6-4-3-5-7-19/h3-13,16H,2,14-15,17H2,1H3,(H,27,29)(H,28,30). The predicted molar refractivity (Wildman–Crippen MR) is 127 cm³/mol. The first-order valence-electron chi connectivity index (χ1n) is 10.3. The van der Waals surface area contributed by atoms with E-state index in [9.17, 15) is 9.59 Å². The van der Waals surface area contributed by atoms with Gasteiger partial charge < -0.3 is 9.47 Å². The molecule has 0 aliphatic rings. The highest BCUT2D eigenvalue weighted by Gasteiger charge is 2.15. The summed E-state index contributed by atoms with van der Waals surface area (Å²) in [5.74, 6) is 0.0639. The van der Waals surface area contributed by atoms with Crippen LogP contribution in [0.3, 0.4) is 0 Å². The Morgan fingerprint density at radius 2 is 1.62 bits per heavy atom. The molecule has 0 aromatic heterocycles. The van der Waals surface area contributed by atoms with Gasteiger partial charge in [0.05, 0.1) is 12.2 Å². The molecule has 0 aliphatic carbocycles. The Hall–Kier alpha value is -3.32. The molecule has 3 aromatic carbocycles. The van der Waals surface area contributed by atoms with Crippen LogP contribution in [0.1, 0.15) is 28.4 Å². The summed E-state index contributed by atoms with van der Waals surface area (Å²) >= 11 is 3.37. The average Bonchev–Trinajstić information content (AvgIpc) is 2.83. The molecule has 0 radical (unpaired) electrons. The summed E-state index contributed by atoms with van der Waals surface area (Å²) in [6, 6.07) is 22.6. The molecular weight excluding hydrogens is 472 g/mol. The number of carbonyl (C=O) groups excluding carboxylic acids is 2. The molecule has 0 saturated carbocycles. The van der Waals surface area contributed by atoms with E-state index in [0.717, 1.165) is 16.5 Å². The molecule has 2 amide bonds. The number of ether oxygens (including phenoxy) is 2. The zero-order valence-electron chi connectivity index (χ0n) is 17.8. The zero-order valence-corrected chi connectivity index (χ0v) is 19.4. The van der Waals surface area contributed by atoms with Gasteiger partial charge in [0.15, 0.2) is 6.61 Å². The lowest BCUT2D eigenvalue weighted by Gasteiger charge is -2.13. The van der Waals surface area contributed by atoms with Crippen molar-refractivity contribution in [2.45, 2.75) is 19.8 Å². The van der Waals surface area contributed by atoms with E-state index in [0.29, 0.717) is 30.1 Å². The minimum atomic E-state index is -0.485. The Bertz CT molecular complexity index is 1040. The number of hydrogen-bond acceptors (Lipinski definition) is 4. The van der Waals surface area contributed by atoms with Gasteiger partial charge in [-0.15, -0.1) is 0 Å². The molecule has 0 atom stereocenters. The van der Waals surface area contributed by atoms with E-state index in [-0.39, 0.29) is 6.61 Å². The lowest BCUT2D eigenvalue weighted by atomic mass is 10.1. The van der Waals surface area contributed by atoms with Crippen LogP contribution in [-0.2, 0) is 17.6 Å². The number of amides is 2. The Morgan fingerprint density at radius 3 is 2.34 bits per heavy atom. The molecule has 32 heavy (non-hydrogen) atoms. The van der Waals surface area contributed by atoms with Crippen molar-refractivity contribution in [2.75, 3.05) is 13.2 Å². The van der Waals surface area contributed by atoms with Crippen LogP contribution in [0, 0.1) is 0 Å². The maximum atomic E-state index is 12.6. The van der Waals surface area contributed by atoms with E-state index in [2.05, 4.69) is 33.7 Å². The number of hydrogen-bond donors (Lipinski definition) is 2. The maximum absolute atomic E-state index is 12.6. The fraction of sp³-hybridized carbons (Fsp3) is 0.200. The molecule has 0 heterocycles. The Kier molecular flexibility index (Phi) is 8.69. The van der Waals surface area contributed by atoms with Gasteiger partial charge in [0.1, 0.15) is 11.5 Å². The van der Waals surface area contributed by atoms with Crippen molar-refractivity contribution in [1.82, 2.24) is 10.9 Å². The van der Waals surface area contributed by atoms with Crippen molar-refractivity contribution >= 4 is 27.7 Å². The normalized spacial score (nSPS) is 10.3. The van der Waals surface area contributed by atoms with Crippen molar-refractivity contribution in [2.24, 2.45) is 0 Å². The topological polar surface area (TPSA) is 76.7 Å². The van der Waals surface area contributed by atoms with E-state index in [1.807, 2.05) is 54.6 Å². The molecular formula is C25H25BrN2O4. The molecule has 0 saturated heterocycles. The SMILES string of the molecule is CCc1ccc(OCC(=O)NNC(=O)c2cc(Br)ccc2OCCc2ccccc2)cc1. The van der Waals surface area contributed by atoms with Crippen molar-refractivity contribution in [3.05, 3.63) is 94.0 Å². The summed E-state index contributed by atoms with van der Waals surface area (Å²) in [5, 5.41) is 0. The minimum Gasteiger partial charge on any atom is -0.492 e. The van der Waals surface area contributed by atoms with E-state index < -0.39 is 11.8 Å². The van der Waals surface area contributed by atoms with Gasteiger partial charge in [-0.1, -0.05) is 65.3 Å². The smallest absolute Gasteiger partial charge is 0.276 e. The molecule has 6 nitrogen and oxygen atoms in total. The molecule has 0 fully saturated rings. The van der Waals surface area contributed by atoms with E-state index >= 15 is 0 Å². The first-order chi connectivity index (χ1) is 15.5. The van der Waals surface area contributed by atoms with Crippen molar-refractivity contribution in [3.8, 4) is 11.5 Å². The van der Waals surface area contributed by atoms with Crippen LogP contribution >= 0.6 is 15.9 Å². The number of halogens is 1. The summed E-state index contributed by atoms with van der Waals surface area (Å²) in [6.45, 7) is 2.27. The largest absolute Gasteiger partial charge is 0.492 e. The highest BCUT2D eigenvalue weighted by Crippen LogP contribution is 2.23. The number of carbonyl (C=O) groups is 2. The van der Waals surface area contributed by atoms with Crippen LogP contribution in [0.2, 0.25) is 0 Å². The fourth-order valence-corrected chi connectivity index (χ4v) is 3.29. The average molecular weight is 497 g/mol. The van der Waals surface area contributed by atoms with Gasteiger partial charge in [-0.2, -0.15) is 0 Å². The molecule has 0 aliphatic heterocycles. The highest BCUT2D eigenvalue weighted by atomic mass is 79.9. The molecule has 7 heteroatoms. The van der Waals surface area contributed by atoms with E-state index in [4.69, 9.17) is 9.47 Å². The molecule has 0 spiro atoms. The Morgan fingerprint density at radius 1 is 0.875 bits per heavy atom. The van der Waals surface area contributed by atoms with Gasteiger partial charge in [0.2, 0.25) is 0 Å². The quantitative estimate of drug-likeness (QED) is 0.428. The number of rotatable bonds is 9. The minimum absolute atomic E-state index is 0.218. The zero-order chi connectivity index (χ0) is 22.8. The summed E-state index contributed by atoms with van der Waals surface area (Å²) in [5.41, 5.74) is 7.42. The second kappa shape index (κ2) is 11.9. The second-order valence-corrected chi connectivity index (χ2v) is 7.93. The van der Waals surface area contributed by atoms with Crippen LogP contribution in [0.25, 0.3) is 0 Å². The molecule has 166 valence electrons. The molecule has 3 rings (SSSR count). The molecule has 3 aromatic rings. The Labute approximate surface area is 196 Å². The summed E-state index contributed by atoms with van der Waals surface area (Å²) in [7, 11) is 0. The molecule has 0 unspecified atom stereocenters. The van der Waals surface area contributed by atoms with Gasteiger partial charge in [-0.3, -0.25) is 20.4 Å². The van der Waals surface area contributed by atoms with Crippen LogP contribution in [0.5, 0.6) is 11.5 Å². The third-order valence-electron chi connectivity index (χ3n) is 4.69. The highest BCUT2D eigenvalue weighted by molar-refractivity contribution is 9.10. The summed E-state index contributed by atoms with van der Waals surface area (Å²) < 4.78 is 12.0. The van der Waals surface area contributed by atoms with Gasteiger partial charge >= 0.3 is 0 Å². The van der Waals surface area contributed by atoms with Crippen molar-refractivity contribution in [3.63, 3.8) is 0 Å². The van der Waals surface area contributed by atoms with Crippen molar-refractivity contribution < 1.29 is 19.1 Å².